The van der Waals surface area contributed by atoms with E-state index in [1.165, 1.54) is 0 Å². The summed E-state index contributed by atoms with van der Waals surface area (Å²) in [5.41, 5.74) is 3.24. The number of anilines is 1. The third kappa shape index (κ3) is 4.91. The van der Waals surface area contributed by atoms with Crippen LogP contribution in [0.3, 0.4) is 0 Å². The van der Waals surface area contributed by atoms with E-state index in [0.29, 0.717) is 22.0 Å². The molecule has 0 radical (unpaired) electrons. The van der Waals surface area contributed by atoms with Crippen molar-refractivity contribution in [3.63, 3.8) is 0 Å². The van der Waals surface area contributed by atoms with E-state index in [0.717, 1.165) is 16.7 Å². The number of ether oxygens (including phenoxy) is 1. The second-order valence-electron chi connectivity index (χ2n) is 8.54. The van der Waals surface area contributed by atoms with Crippen LogP contribution in [0.5, 0.6) is 5.75 Å². The van der Waals surface area contributed by atoms with Gasteiger partial charge in [0, 0.05) is 16.3 Å². The minimum atomic E-state index is -0.970. The Labute approximate surface area is 204 Å². The molecule has 3 aromatic carbocycles. The number of guanidine groups is 1. The number of nitrogens with one attached hydrogen (secondary N) is 2. The van der Waals surface area contributed by atoms with Crippen molar-refractivity contribution < 1.29 is 9.84 Å². The highest BCUT2D eigenvalue weighted by Gasteiger charge is 2.43. The SMILES string of the molecule is C=C(c1ccccc1)c1ccc2c(c1)[C@@H](N=C(NC#N)Nc1ccc(Cl)cc1)[C@H](O)C(C)(C)O2. The molecule has 0 spiro atoms. The molecule has 0 amide bonds. The van der Waals surface area contributed by atoms with Crippen molar-refractivity contribution in [1.29, 1.82) is 5.26 Å². The topological polar surface area (TPSA) is 89.7 Å². The molecular weight excluding hydrogens is 448 g/mol. The van der Waals surface area contributed by atoms with Crippen LogP contribution in [0.25, 0.3) is 5.57 Å². The van der Waals surface area contributed by atoms with Crippen LogP contribution in [0.4, 0.5) is 5.69 Å². The van der Waals surface area contributed by atoms with Crippen LogP contribution in [0.2, 0.25) is 5.02 Å². The van der Waals surface area contributed by atoms with Gasteiger partial charge in [-0.2, -0.15) is 5.26 Å². The Hall–Kier alpha value is -3.79. The van der Waals surface area contributed by atoms with Gasteiger partial charge in [0.25, 0.3) is 0 Å². The largest absolute Gasteiger partial charge is 0.485 e. The van der Waals surface area contributed by atoms with Crippen molar-refractivity contribution in [2.24, 2.45) is 4.99 Å². The lowest BCUT2D eigenvalue weighted by Gasteiger charge is -2.41. The van der Waals surface area contributed by atoms with E-state index in [9.17, 15) is 10.4 Å². The van der Waals surface area contributed by atoms with Gasteiger partial charge in [0.05, 0.1) is 0 Å². The molecule has 3 aromatic rings. The lowest BCUT2D eigenvalue weighted by molar-refractivity contribution is -0.0567. The summed E-state index contributed by atoms with van der Waals surface area (Å²) in [7, 11) is 0. The number of hydrogen-bond acceptors (Lipinski definition) is 4. The lowest BCUT2D eigenvalue weighted by Crippen LogP contribution is -2.49. The summed E-state index contributed by atoms with van der Waals surface area (Å²) < 4.78 is 6.11. The van der Waals surface area contributed by atoms with Gasteiger partial charge in [-0.3, -0.25) is 5.32 Å². The van der Waals surface area contributed by atoms with Gasteiger partial charge in [-0.15, -0.1) is 0 Å². The molecule has 3 N–H and O–H groups in total. The van der Waals surface area contributed by atoms with Gasteiger partial charge in [0.1, 0.15) is 23.5 Å². The maximum absolute atomic E-state index is 11.2. The fourth-order valence-electron chi connectivity index (χ4n) is 3.86. The zero-order chi connectivity index (χ0) is 24.3. The number of aliphatic hydroxyl groups excluding tert-OH is 1. The summed E-state index contributed by atoms with van der Waals surface area (Å²) >= 11 is 5.98. The maximum atomic E-state index is 11.2. The fourth-order valence-corrected chi connectivity index (χ4v) is 3.98. The number of aliphatic hydroxyl groups is 1. The summed E-state index contributed by atoms with van der Waals surface area (Å²) in [6, 6.07) is 21.9. The van der Waals surface area contributed by atoms with Crippen molar-refractivity contribution in [2.45, 2.75) is 31.6 Å². The first-order chi connectivity index (χ1) is 16.3. The van der Waals surface area contributed by atoms with E-state index in [4.69, 9.17) is 21.3 Å². The number of rotatable bonds is 4. The smallest absolute Gasteiger partial charge is 0.209 e. The Kier molecular flexibility index (Phi) is 6.60. The molecule has 1 heterocycles. The molecule has 1 aliphatic rings. The highest BCUT2D eigenvalue weighted by Crippen LogP contribution is 2.43. The third-order valence-electron chi connectivity index (χ3n) is 5.73. The fraction of sp³-hybridized carbons (Fsp3) is 0.185. The Morgan fingerprint density at radius 3 is 2.47 bits per heavy atom. The molecule has 4 rings (SSSR count). The molecule has 0 fully saturated rings. The first-order valence-electron chi connectivity index (χ1n) is 10.8. The van der Waals surface area contributed by atoms with Crippen molar-refractivity contribution in [3.05, 3.63) is 101 Å². The number of fused-ring (bicyclic) bond motifs is 1. The quantitative estimate of drug-likeness (QED) is 0.201. The van der Waals surface area contributed by atoms with Crippen LogP contribution in [0, 0.1) is 11.5 Å². The molecule has 7 heteroatoms. The normalized spacial score (nSPS) is 18.7. The van der Waals surface area contributed by atoms with Crippen LogP contribution in [-0.4, -0.2) is 22.8 Å². The molecule has 6 nitrogen and oxygen atoms in total. The molecule has 1 aliphatic heterocycles. The number of nitriles is 1. The number of hydrogen-bond donors (Lipinski definition) is 3. The zero-order valence-electron chi connectivity index (χ0n) is 18.9. The number of nitrogens with zero attached hydrogens (tertiary/aromatic N) is 2. The molecule has 0 unspecified atom stereocenters. The van der Waals surface area contributed by atoms with Crippen LogP contribution >= 0.6 is 11.6 Å². The number of aliphatic imine (C=N–C) groups is 1. The Morgan fingerprint density at radius 1 is 1.09 bits per heavy atom. The van der Waals surface area contributed by atoms with Crippen LogP contribution in [0.1, 0.15) is 36.6 Å². The highest BCUT2D eigenvalue weighted by atomic mass is 35.5. The summed E-state index contributed by atoms with van der Waals surface area (Å²) in [6.07, 6.45) is 0.934. The van der Waals surface area contributed by atoms with Gasteiger partial charge >= 0.3 is 0 Å². The number of benzene rings is 3. The summed E-state index contributed by atoms with van der Waals surface area (Å²) in [4.78, 5) is 4.71. The molecule has 0 bridgehead atoms. The van der Waals surface area contributed by atoms with E-state index in [2.05, 4.69) is 17.2 Å². The summed E-state index contributed by atoms with van der Waals surface area (Å²) in [5, 5.41) is 26.8. The monoisotopic (exact) mass is 472 g/mol. The Balaban J connectivity index is 1.75. The maximum Gasteiger partial charge on any atom is 0.209 e. The average Bonchev–Trinajstić information content (AvgIpc) is 2.83. The van der Waals surface area contributed by atoms with Crippen molar-refractivity contribution in [2.75, 3.05) is 5.32 Å². The van der Waals surface area contributed by atoms with Gasteiger partial charge < -0.3 is 15.2 Å². The highest BCUT2D eigenvalue weighted by molar-refractivity contribution is 6.30. The molecule has 34 heavy (non-hydrogen) atoms. The van der Waals surface area contributed by atoms with Crippen molar-refractivity contribution in [3.8, 4) is 11.9 Å². The van der Waals surface area contributed by atoms with E-state index < -0.39 is 17.7 Å². The van der Waals surface area contributed by atoms with Crippen LogP contribution in [0.15, 0.2) is 84.4 Å². The van der Waals surface area contributed by atoms with Gasteiger partial charge in [0.15, 0.2) is 6.19 Å². The van der Waals surface area contributed by atoms with Crippen molar-refractivity contribution >= 4 is 28.8 Å². The Morgan fingerprint density at radius 2 is 1.79 bits per heavy atom. The first kappa shape index (κ1) is 23.4. The predicted octanol–water partition coefficient (Wildman–Crippen LogP) is 5.51. The van der Waals surface area contributed by atoms with Gasteiger partial charge in [0.2, 0.25) is 5.96 Å². The van der Waals surface area contributed by atoms with Crippen molar-refractivity contribution in [1.82, 2.24) is 5.32 Å². The minimum Gasteiger partial charge on any atom is -0.485 e. The van der Waals surface area contributed by atoms with E-state index in [1.807, 2.05) is 68.6 Å². The molecule has 0 aliphatic carbocycles. The van der Waals surface area contributed by atoms with E-state index in [-0.39, 0.29) is 5.96 Å². The van der Waals surface area contributed by atoms with Gasteiger partial charge in [-0.1, -0.05) is 54.6 Å². The first-order valence-corrected chi connectivity index (χ1v) is 11.2. The molecule has 2 atom stereocenters. The van der Waals surface area contributed by atoms with E-state index >= 15 is 0 Å². The second kappa shape index (κ2) is 9.60. The molecule has 0 saturated heterocycles. The third-order valence-corrected chi connectivity index (χ3v) is 5.98. The average molecular weight is 473 g/mol. The van der Waals surface area contributed by atoms with E-state index in [1.54, 1.807) is 24.3 Å². The molecule has 0 saturated carbocycles. The lowest BCUT2D eigenvalue weighted by atomic mass is 9.85. The second-order valence-corrected chi connectivity index (χ2v) is 8.98. The summed E-state index contributed by atoms with van der Waals surface area (Å²) in [6.45, 7) is 7.87. The standard InChI is InChI=1S/C27H25ClN4O2/c1-17(18-7-5-4-6-8-18)19-9-14-23-22(15-19)24(25(33)27(2,3)34-23)32-26(30-16-29)31-21-12-10-20(28)11-13-21/h4-15,24-25,33H,1H2,2-3H3,(H2,30,31,32)/t24-,25+/m1/s1. The predicted molar refractivity (Wildman–Crippen MR) is 136 cm³/mol. The number of halogens is 1. The summed E-state index contributed by atoms with van der Waals surface area (Å²) in [5.74, 6) is 0.821. The minimum absolute atomic E-state index is 0.199. The Bertz CT molecular complexity index is 1260. The van der Waals surface area contributed by atoms with Crippen LogP contribution in [-0.2, 0) is 0 Å². The van der Waals surface area contributed by atoms with Crippen LogP contribution < -0.4 is 15.4 Å². The molecule has 0 aromatic heterocycles. The molecule has 172 valence electrons. The zero-order valence-corrected chi connectivity index (χ0v) is 19.7. The molecular formula is C27H25ClN4O2. The van der Waals surface area contributed by atoms with Gasteiger partial charge in [-0.25, -0.2) is 4.99 Å². The van der Waals surface area contributed by atoms with Gasteiger partial charge in [-0.05, 0) is 66.9 Å².